The molecule has 0 aliphatic rings. The Bertz CT molecular complexity index is 483. The number of hydrogen-bond donors (Lipinski definition) is 1. The van der Waals surface area contributed by atoms with E-state index in [0.29, 0.717) is 19.0 Å². The van der Waals surface area contributed by atoms with Crippen LogP contribution in [0.25, 0.3) is 6.08 Å². The van der Waals surface area contributed by atoms with Crippen LogP contribution in [0.1, 0.15) is 39.7 Å². The van der Waals surface area contributed by atoms with Crippen LogP contribution in [0, 0.1) is 0 Å². The molecule has 0 aliphatic heterocycles. The van der Waals surface area contributed by atoms with E-state index in [1.807, 2.05) is 45.9 Å². The summed E-state index contributed by atoms with van der Waals surface area (Å²) in [5, 5.41) is 2.89. The zero-order valence-corrected chi connectivity index (χ0v) is 13.3. The van der Waals surface area contributed by atoms with Gasteiger partial charge in [0.05, 0.1) is 13.2 Å². The zero-order chi connectivity index (χ0) is 15.7. The zero-order valence-electron chi connectivity index (χ0n) is 13.3. The number of benzene rings is 1. The molecule has 0 spiro atoms. The molecule has 1 amide bonds. The predicted molar refractivity (Wildman–Crippen MR) is 85.7 cm³/mol. The first-order valence-corrected chi connectivity index (χ1v) is 7.48. The van der Waals surface area contributed by atoms with Gasteiger partial charge in [-0.15, -0.1) is 0 Å². The Morgan fingerprint density at radius 3 is 2.48 bits per heavy atom. The van der Waals surface area contributed by atoms with Crippen molar-refractivity contribution >= 4 is 12.0 Å². The number of amides is 1. The van der Waals surface area contributed by atoms with E-state index in [0.717, 1.165) is 17.7 Å². The van der Waals surface area contributed by atoms with Crippen LogP contribution in [0.2, 0.25) is 0 Å². The molecular formula is C17H25NO3. The number of rotatable bonds is 8. The fourth-order valence-corrected chi connectivity index (χ4v) is 1.74. The minimum absolute atomic E-state index is 0.0869. The highest BCUT2D eigenvalue weighted by Gasteiger charge is 2.05. The normalized spacial score (nSPS) is 12.2. The average Bonchev–Trinajstić information content (AvgIpc) is 2.47. The van der Waals surface area contributed by atoms with Gasteiger partial charge < -0.3 is 14.8 Å². The molecule has 1 atom stereocenters. The van der Waals surface area contributed by atoms with Crippen molar-refractivity contribution in [2.24, 2.45) is 0 Å². The second kappa shape index (κ2) is 9.06. The van der Waals surface area contributed by atoms with Crippen molar-refractivity contribution in [1.82, 2.24) is 5.32 Å². The van der Waals surface area contributed by atoms with Gasteiger partial charge in [-0.05, 0) is 51.0 Å². The Kier molecular flexibility index (Phi) is 7.37. The molecule has 0 fully saturated rings. The lowest BCUT2D eigenvalue weighted by Gasteiger charge is -2.11. The first-order valence-electron chi connectivity index (χ1n) is 7.48. The largest absolute Gasteiger partial charge is 0.490 e. The average molecular weight is 291 g/mol. The van der Waals surface area contributed by atoms with Crippen LogP contribution < -0.4 is 14.8 Å². The van der Waals surface area contributed by atoms with Gasteiger partial charge >= 0.3 is 0 Å². The van der Waals surface area contributed by atoms with Gasteiger partial charge in [-0.2, -0.15) is 0 Å². The molecule has 0 aliphatic carbocycles. The van der Waals surface area contributed by atoms with Crippen molar-refractivity contribution in [2.45, 2.75) is 40.2 Å². The molecular weight excluding hydrogens is 266 g/mol. The molecule has 116 valence electrons. The highest BCUT2D eigenvalue weighted by molar-refractivity contribution is 5.91. The number of hydrogen-bond acceptors (Lipinski definition) is 3. The van der Waals surface area contributed by atoms with E-state index < -0.39 is 0 Å². The topological polar surface area (TPSA) is 47.6 Å². The Labute approximate surface area is 127 Å². The molecule has 1 aromatic rings. The molecule has 0 saturated carbocycles. The first-order chi connectivity index (χ1) is 10.1. The first kappa shape index (κ1) is 17.1. The van der Waals surface area contributed by atoms with Gasteiger partial charge in [0.25, 0.3) is 0 Å². The van der Waals surface area contributed by atoms with Gasteiger partial charge in [0.1, 0.15) is 0 Å². The number of carbonyl (C=O) groups excluding carboxylic acids is 1. The standard InChI is InChI=1S/C17H25NO3/c1-5-13(4)18-17(19)11-9-14-8-10-15(20-6-2)16(12-14)21-7-3/h8-13H,5-7H2,1-4H3,(H,18,19)/b11-9+. The quantitative estimate of drug-likeness (QED) is 0.747. The molecule has 4 heteroatoms. The molecule has 0 aromatic heterocycles. The molecule has 1 N–H and O–H groups in total. The number of nitrogens with one attached hydrogen (secondary N) is 1. The highest BCUT2D eigenvalue weighted by atomic mass is 16.5. The van der Waals surface area contributed by atoms with Gasteiger partial charge in [-0.1, -0.05) is 13.0 Å². The van der Waals surface area contributed by atoms with Gasteiger partial charge in [-0.25, -0.2) is 0 Å². The number of ether oxygens (including phenoxy) is 2. The van der Waals surface area contributed by atoms with Gasteiger partial charge in [0, 0.05) is 12.1 Å². The molecule has 0 bridgehead atoms. The minimum Gasteiger partial charge on any atom is -0.490 e. The molecule has 4 nitrogen and oxygen atoms in total. The van der Waals surface area contributed by atoms with Crippen LogP contribution >= 0.6 is 0 Å². The van der Waals surface area contributed by atoms with E-state index in [1.54, 1.807) is 6.08 Å². The summed E-state index contributed by atoms with van der Waals surface area (Å²) >= 11 is 0. The van der Waals surface area contributed by atoms with Crippen LogP contribution in [0.4, 0.5) is 0 Å². The summed E-state index contributed by atoms with van der Waals surface area (Å²) in [7, 11) is 0. The molecule has 0 saturated heterocycles. The second-order valence-corrected chi connectivity index (χ2v) is 4.72. The van der Waals surface area contributed by atoms with Crippen molar-refractivity contribution in [1.29, 1.82) is 0 Å². The maximum absolute atomic E-state index is 11.7. The molecule has 0 radical (unpaired) electrons. The molecule has 0 heterocycles. The van der Waals surface area contributed by atoms with E-state index >= 15 is 0 Å². The van der Waals surface area contributed by atoms with Crippen molar-refractivity contribution < 1.29 is 14.3 Å². The summed E-state index contributed by atoms with van der Waals surface area (Å²) in [5.41, 5.74) is 0.904. The lowest BCUT2D eigenvalue weighted by Crippen LogP contribution is -2.30. The summed E-state index contributed by atoms with van der Waals surface area (Å²) in [6.07, 6.45) is 4.23. The van der Waals surface area contributed by atoms with Crippen LogP contribution in [0.3, 0.4) is 0 Å². The Morgan fingerprint density at radius 2 is 1.86 bits per heavy atom. The van der Waals surface area contributed by atoms with Crippen molar-refractivity contribution in [3.8, 4) is 11.5 Å². The smallest absolute Gasteiger partial charge is 0.244 e. The van der Waals surface area contributed by atoms with E-state index in [1.165, 1.54) is 6.08 Å². The van der Waals surface area contributed by atoms with Gasteiger partial charge in [0.15, 0.2) is 11.5 Å². The fourth-order valence-electron chi connectivity index (χ4n) is 1.74. The fraction of sp³-hybridized carbons (Fsp3) is 0.471. The lowest BCUT2D eigenvalue weighted by atomic mass is 10.2. The minimum atomic E-state index is -0.0869. The van der Waals surface area contributed by atoms with E-state index in [2.05, 4.69) is 5.32 Å². The Balaban J connectivity index is 2.79. The molecule has 1 aromatic carbocycles. The summed E-state index contributed by atoms with van der Waals surface area (Å²) in [4.78, 5) is 11.7. The van der Waals surface area contributed by atoms with E-state index in [4.69, 9.17) is 9.47 Å². The van der Waals surface area contributed by atoms with Gasteiger partial charge in [0.2, 0.25) is 5.91 Å². The Morgan fingerprint density at radius 1 is 1.19 bits per heavy atom. The van der Waals surface area contributed by atoms with Crippen LogP contribution in [0.5, 0.6) is 11.5 Å². The summed E-state index contributed by atoms with van der Waals surface area (Å²) < 4.78 is 11.1. The number of carbonyl (C=O) groups is 1. The third-order valence-corrected chi connectivity index (χ3v) is 3.00. The second-order valence-electron chi connectivity index (χ2n) is 4.72. The molecule has 1 unspecified atom stereocenters. The summed E-state index contributed by atoms with van der Waals surface area (Å²) in [6, 6.07) is 5.82. The highest BCUT2D eigenvalue weighted by Crippen LogP contribution is 2.28. The van der Waals surface area contributed by atoms with Crippen LogP contribution in [-0.2, 0) is 4.79 Å². The monoisotopic (exact) mass is 291 g/mol. The predicted octanol–water partition coefficient (Wildman–Crippen LogP) is 3.41. The van der Waals surface area contributed by atoms with Crippen molar-refractivity contribution in [3.05, 3.63) is 29.8 Å². The lowest BCUT2D eigenvalue weighted by molar-refractivity contribution is -0.117. The maximum Gasteiger partial charge on any atom is 0.244 e. The summed E-state index contributed by atoms with van der Waals surface area (Å²) in [5.74, 6) is 1.33. The molecule has 21 heavy (non-hydrogen) atoms. The third kappa shape index (κ3) is 5.90. The van der Waals surface area contributed by atoms with Gasteiger partial charge in [-0.3, -0.25) is 4.79 Å². The van der Waals surface area contributed by atoms with Crippen LogP contribution in [0.15, 0.2) is 24.3 Å². The van der Waals surface area contributed by atoms with E-state index in [9.17, 15) is 4.79 Å². The van der Waals surface area contributed by atoms with Crippen molar-refractivity contribution in [3.63, 3.8) is 0 Å². The molecule has 1 rings (SSSR count). The Hall–Kier alpha value is -1.97. The summed E-state index contributed by atoms with van der Waals surface area (Å²) in [6.45, 7) is 9.04. The van der Waals surface area contributed by atoms with Crippen LogP contribution in [-0.4, -0.2) is 25.2 Å². The third-order valence-electron chi connectivity index (χ3n) is 3.00. The van der Waals surface area contributed by atoms with Crippen molar-refractivity contribution in [2.75, 3.05) is 13.2 Å². The maximum atomic E-state index is 11.7. The SMILES string of the molecule is CCOc1ccc(/C=C/C(=O)NC(C)CC)cc1OCC. The van der Waals surface area contributed by atoms with E-state index in [-0.39, 0.29) is 11.9 Å².